The molecule has 1 unspecified atom stereocenters. The third-order valence-electron chi connectivity index (χ3n) is 4.95. The van der Waals surface area contributed by atoms with E-state index in [4.69, 9.17) is 9.47 Å². The van der Waals surface area contributed by atoms with E-state index in [0.717, 1.165) is 30.0 Å². The van der Waals surface area contributed by atoms with Gasteiger partial charge in [0.05, 0.1) is 26.4 Å². The van der Waals surface area contributed by atoms with Gasteiger partial charge in [-0.05, 0) is 35.4 Å². The average molecular weight is 384 g/mol. The number of pyridine rings is 1. The number of nitrogens with one attached hydrogen (secondary N) is 1. The van der Waals surface area contributed by atoms with Crippen molar-refractivity contribution < 1.29 is 14.3 Å². The number of urea groups is 1. The number of amides is 2. The zero-order valence-electron chi connectivity index (χ0n) is 16.5. The van der Waals surface area contributed by atoms with Crippen LogP contribution in [-0.4, -0.2) is 67.8 Å². The molecule has 7 nitrogen and oxygen atoms in total. The number of morpholine rings is 1. The van der Waals surface area contributed by atoms with Gasteiger partial charge in [0.1, 0.15) is 5.75 Å². The monoisotopic (exact) mass is 384 g/mol. The summed E-state index contributed by atoms with van der Waals surface area (Å²) in [7, 11) is 3.46. The number of nitrogens with zero attached hydrogens (tertiary/aromatic N) is 3. The molecular weight excluding hydrogens is 356 g/mol. The van der Waals surface area contributed by atoms with Crippen molar-refractivity contribution >= 4 is 6.03 Å². The molecule has 2 heterocycles. The zero-order chi connectivity index (χ0) is 19.8. The lowest BCUT2D eigenvalue weighted by molar-refractivity contribution is 0.0165. The van der Waals surface area contributed by atoms with Crippen LogP contribution in [0.5, 0.6) is 5.75 Å². The summed E-state index contributed by atoms with van der Waals surface area (Å²) in [6, 6.07) is 11.9. The van der Waals surface area contributed by atoms with Gasteiger partial charge in [-0.1, -0.05) is 12.1 Å². The Morgan fingerprint density at radius 3 is 2.54 bits per heavy atom. The van der Waals surface area contributed by atoms with Crippen molar-refractivity contribution in [2.75, 3.05) is 47.0 Å². The first kappa shape index (κ1) is 20.1. The van der Waals surface area contributed by atoms with Gasteiger partial charge in [-0.3, -0.25) is 9.88 Å². The second-order valence-electron chi connectivity index (χ2n) is 6.83. The van der Waals surface area contributed by atoms with Gasteiger partial charge in [0.15, 0.2) is 0 Å². The SMILES string of the molecule is COc1ccc(C(CNC(=O)N(C)Cc2ccncc2)N2CCOCC2)cc1. The van der Waals surface area contributed by atoms with Crippen LogP contribution in [0.1, 0.15) is 17.2 Å². The fourth-order valence-corrected chi connectivity index (χ4v) is 3.33. The van der Waals surface area contributed by atoms with Gasteiger partial charge in [-0.15, -0.1) is 0 Å². The van der Waals surface area contributed by atoms with E-state index in [0.29, 0.717) is 26.3 Å². The number of aromatic nitrogens is 1. The summed E-state index contributed by atoms with van der Waals surface area (Å²) < 4.78 is 10.8. The second-order valence-corrected chi connectivity index (χ2v) is 6.83. The number of benzene rings is 1. The van der Waals surface area contributed by atoms with E-state index in [1.165, 1.54) is 0 Å². The summed E-state index contributed by atoms with van der Waals surface area (Å²) >= 11 is 0. The summed E-state index contributed by atoms with van der Waals surface area (Å²) in [6.45, 7) is 4.19. The van der Waals surface area contributed by atoms with Gasteiger partial charge in [0, 0.05) is 45.6 Å². The van der Waals surface area contributed by atoms with E-state index >= 15 is 0 Å². The Hall–Kier alpha value is -2.64. The quantitative estimate of drug-likeness (QED) is 0.794. The Labute approximate surface area is 166 Å². The highest BCUT2D eigenvalue weighted by Crippen LogP contribution is 2.23. The van der Waals surface area contributed by atoms with Crippen molar-refractivity contribution in [3.8, 4) is 5.75 Å². The van der Waals surface area contributed by atoms with Gasteiger partial charge < -0.3 is 19.7 Å². The minimum Gasteiger partial charge on any atom is -0.497 e. The maximum Gasteiger partial charge on any atom is 0.317 e. The van der Waals surface area contributed by atoms with Crippen LogP contribution in [-0.2, 0) is 11.3 Å². The van der Waals surface area contributed by atoms with Gasteiger partial charge in [-0.25, -0.2) is 4.79 Å². The van der Waals surface area contributed by atoms with Crippen LogP contribution < -0.4 is 10.1 Å². The fourth-order valence-electron chi connectivity index (χ4n) is 3.33. The molecule has 0 spiro atoms. The number of methoxy groups -OCH3 is 1. The van der Waals surface area contributed by atoms with E-state index in [1.54, 1.807) is 31.5 Å². The van der Waals surface area contributed by atoms with E-state index in [-0.39, 0.29) is 12.1 Å². The normalized spacial score (nSPS) is 15.6. The summed E-state index contributed by atoms with van der Waals surface area (Å²) in [5, 5.41) is 3.08. The van der Waals surface area contributed by atoms with Crippen molar-refractivity contribution in [3.63, 3.8) is 0 Å². The van der Waals surface area contributed by atoms with Crippen molar-refractivity contribution in [1.29, 1.82) is 0 Å². The number of rotatable bonds is 7. The molecular formula is C21H28N4O3. The molecule has 2 aromatic rings. The largest absolute Gasteiger partial charge is 0.497 e. The Morgan fingerprint density at radius 2 is 1.89 bits per heavy atom. The van der Waals surface area contributed by atoms with Crippen LogP contribution in [0.2, 0.25) is 0 Å². The molecule has 7 heteroatoms. The van der Waals surface area contributed by atoms with Crippen molar-refractivity contribution in [3.05, 3.63) is 59.9 Å². The number of hydrogen-bond donors (Lipinski definition) is 1. The van der Waals surface area contributed by atoms with Gasteiger partial charge >= 0.3 is 6.03 Å². The second kappa shape index (κ2) is 10.1. The van der Waals surface area contributed by atoms with E-state index in [1.807, 2.05) is 24.3 Å². The molecule has 1 saturated heterocycles. The molecule has 2 amide bonds. The first-order chi connectivity index (χ1) is 13.7. The summed E-state index contributed by atoms with van der Waals surface area (Å²) in [5.74, 6) is 0.825. The van der Waals surface area contributed by atoms with Gasteiger partial charge in [0.2, 0.25) is 0 Å². The molecule has 1 atom stereocenters. The number of carbonyl (C=O) groups is 1. The Balaban J connectivity index is 1.63. The van der Waals surface area contributed by atoms with Crippen LogP contribution in [0.15, 0.2) is 48.8 Å². The molecule has 1 fully saturated rings. The zero-order valence-corrected chi connectivity index (χ0v) is 16.5. The predicted molar refractivity (Wildman–Crippen MR) is 107 cm³/mol. The van der Waals surface area contributed by atoms with Crippen molar-refractivity contribution in [2.24, 2.45) is 0 Å². The minimum absolute atomic E-state index is 0.0908. The van der Waals surface area contributed by atoms with E-state index in [2.05, 4.69) is 27.3 Å². The highest BCUT2D eigenvalue weighted by molar-refractivity contribution is 5.73. The molecule has 150 valence electrons. The highest BCUT2D eigenvalue weighted by Gasteiger charge is 2.24. The Morgan fingerprint density at radius 1 is 1.21 bits per heavy atom. The molecule has 1 aromatic carbocycles. The third-order valence-corrected chi connectivity index (χ3v) is 4.95. The predicted octanol–water partition coefficient (Wildman–Crippen LogP) is 2.31. The molecule has 0 bridgehead atoms. The molecule has 1 aromatic heterocycles. The average Bonchev–Trinajstić information content (AvgIpc) is 2.75. The molecule has 3 rings (SSSR count). The summed E-state index contributed by atoms with van der Waals surface area (Å²) in [6.07, 6.45) is 3.47. The molecule has 1 N–H and O–H groups in total. The van der Waals surface area contributed by atoms with Gasteiger partial charge in [-0.2, -0.15) is 0 Å². The third kappa shape index (κ3) is 5.43. The van der Waals surface area contributed by atoms with E-state index < -0.39 is 0 Å². The number of carbonyl (C=O) groups excluding carboxylic acids is 1. The molecule has 28 heavy (non-hydrogen) atoms. The maximum absolute atomic E-state index is 12.6. The van der Waals surface area contributed by atoms with E-state index in [9.17, 15) is 4.79 Å². The van der Waals surface area contributed by atoms with Gasteiger partial charge in [0.25, 0.3) is 0 Å². The molecule has 0 aliphatic carbocycles. The first-order valence-corrected chi connectivity index (χ1v) is 9.51. The minimum atomic E-state index is -0.0939. The lowest BCUT2D eigenvalue weighted by atomic mass is 10.0. The Bertz CT molecular complexity index is 733. The van der Waals surface area contributed by atoms with Crippen molar-refractivity contribution in [2.45, 2.75) is 12.6 Å². The topological polar surface area (TPSA) is 66.9 Å². The number of ether oxygens (including phenoxy) is 2. The van der Waals surface area contributed by atoms with Crippen LogP contribution in [0.25, 0.3) is 0 Å². The van der Waals surface area contributed by atoms with Crippen LogP contribution in [0.3, 0.4) is 0 Å². The molecule has 0 radical (unpaired) electrons. The van der Waals surface area contributed by atoms with Crippen LogP contribution in [0.4, 0.5) is 4.79 Å². The summed E-state index contributed by atoms with van der Waals surface area (Å²) in [5.41, 5.74) is 2.20. The Kier molecular flexibility index (Phi) is 7.22. The fraction of sp³-hybridized carbons (Fsp3) is 0.429. The molecule has 0 saturated carbocycles. The lowest BCUT2D eigenvalue weighted by Crippen LogP contribution is -2.46. The van der Waals surface area contributed by atoms with Crippen LogP contribution >= 0.6 is 0 Å². The highest BCUT2D eigenvalue weighted by atomic mass is 16.5. The molecule has 1 aliphatic rings. The first-order valence-electron chi connectivity index (χ1n) is 9.51. The van der Waals surface area contributed by atoms with Crippen LogP contribution in [0, 0.1) is 0 Å². The smallest absolute Gasteiger partial charge is 0.317 e. The maximum atomic E-state index is 12.6. The summed E-state index contributed by atoms with van der Waals surface area (Å²) in [4.78, 5) is 20.6. The lowest BCUT2D eigenvalue weighted by Gasteiger charge is -2.35. The standard InChI is InChI=1S/C21H28N4O3/c1-24(16-17-7-9-22-10-8-17)21(26)23-15-20(25-11-13-28-14-12-25)18-3-5-19(27-2)6-4-18/h3-10,20H,11-16H2,1-2H3,(H,23,26). The van der Waals surface area contributed by atoms with Crippen molar-refractivity contribution in [1.82, 2.24) is 20.1 Å². The molecule has 1 aliphatic heterocycles. The number of hydrogen-bond acceptors (Lipinski definition) is 5.